The third kappa shape index (κ3) is 3.08. The van der Waals surface area contributed by atoms with Crippen LogP contribution in [0.15, 0.2) is 35.7 Å². The van der Waals surface area contributed by atoms with Crippen molar-refractivity contribution in [2.24, 2.45) is 0 Å². The average Bonchev–Trinajstić information content (AvgIpc) is 2.87. The third-order valence-electron chi connectivity index (χ3n) is 3.72. The second kappa shape index (κ2) is 6.48. The molecule has 0 saturated carbocycles. The molecule has 1 N–H and O–H groups in total. The van der Waals surface area contributed by atoms with E-state index in [1.165, 1.54) is 17.7 Å². The van der Waals surface area contributed by atoms with Gasteiger partial charge in [-0.05, 0) is 13.0 Å². The number of thiazole rings is 1. The Morgan fingerprint density at radius 2 is 2.10 bits per heavy atom. The van der Waals surface area contributed by atoms with E-state index in [0.717, 1.165) is 31.2 Å². The van der Waals surface area contributed by atoms with Crippen molar-refractivity contribution in [2.75, 3.05) is 19.6 Å². The molecule has 0 bridgehead atoms. The Morgan fingerprint density at radius 1 is 1.30 bits per heavy atom. The van der Waals surface area contributed by atoms with Crippen LogP contribution in [0.4, 0.5) is 0 Å². The van der Waals surface area contributed by atoms with Crippen LogP contribution in [0.1, 0.15) is 19.0 Å². The molecule has 4 heteroatoms. The van der Waals surface area contributed by atoms with E-state index in [1.807, 2.05) is 6.07 Å². The van der Waals surface area contributed by atoms with E-state index in [4.69, 9.17) is 4.98 Å². The van der Waals surface area contributed by atoms with Crippen LogP contribution in [-0.2, 0) is 6.54 Å². The first kappa shape index (κ1) is 13.7. The van der Waals surface area contributed by atoms with Gasteiger partial charge in [-0.2, -0.15) is 0 Å². The van der Waals surface area contributed by atoms with Crippen LogP contribution in [0, 0.1) is 0 Å². The summed E-state index contributed by atoms with van der Waals surface area (Å²) in [6, 6.07) is 11.1. The fourth-order valence-electron chi connectivity index (χ4n) is 2.51. The largest absolute Gasteiger partial charge is 0.314 e. The summed E-state index contributed by atoms with van der Waals surface area (Å²) in [5.41, 5.74) is 2.42. The number of rotatable bonds is 6. The van der Waals surface area contributed by atoms with Gasteiger partial charge in [0.1, 0.15) is 5.01 Å². The summed E-state index contributed by atoms with van der Waals surface area (Å²) in [5, 5.41) is 6.69. The van der Waals surface area contributed by atoms with Crippen molar-refractivity contribution < 1.29 is 0 Å². The predicted molar refractivity (Wildman–Crippen MR) is 84.9 cm³/mol. The second-order valence-electron chi connectivity index (χ2n) is 5.29. The van der Waals surface area contributed by atoms with Gasteiger partial charge in [-0.3, -0.25) is 4.90 Å². The molecule has 0 aliphatic carbocycles. The van der Waals surface area contributed by atoms with Crippen molar-refractivity contribution >= 4 is 11.3 Å². The van der Waals surface area contributed by atoms with E-state index in [2.05, 4.69) is 46.8 Å². The van der Waals surface area contributed by atoms with Gasteiger partial charge in [0.2, 0.25) is 0 Å². The maximum Gasteiger partial charge on any atom is 0.123 e. The summed E-state index contributed by atoms with van der Waals surface area (Å²) < 4.78 is 0. The van der Waals surface area contributed by atoms with E-state index >= 15 is 0 Å². The highest BCUT2D eigenvalue weighted by molar-refractivity contribution is 7.13. The molecule has 20 heavy (non-hydrogen) atoms. The van der Waals surface area contributed by atoms with Crippen LogP contribution in [0.2, 0.25) is 0 Å². The zero-order chi connectivity index (χ0) is 13.8. The lowest BCUT2D eigenvalue weighted by Crippen LogP contribution is -2.57. The molecule has 1 aromatic carbocycles. The minimum atomic E-state index is 0.692. The summed E-state index contributed by atoms with van der Waals surface area (Å²) in [6.07, 6.45) is 1.20. The first-order valence-electron chi connectivity index (χ1n) is 7.31. The van der Waals surface area contributed by atoms with Gasteiger partial charge in [0.25, 0.3) is 0 Å². The molecule has 0 unspecified atom stereocenters. The van der Waals surface area contributed by atoms with E-state index in [-0.39, 0.29) is 0 Å². The molecule has 0 spiro atoms. The number of hydrogen-bond donors (Lipinski definition) is 1. The monoisotopic (exact) mass is 287 g/mol. The number of nitrogens with one attached hydrogen (secondary N) is 1. The Bertz CT molecular complexity index is 534. The van der Waals surface area contributed by atoms with Crippen LogP contribution in [0.25, 0.3) is 10.6 Å². The Kier molecular flexibility index (Phi) is 4.45. The van der Waals surface area contributed by atoms with Gasteiger partial charge in [0.15, 0.2) is 0 Å². The Labute approximate surface area is 124 Å². The highest BCUT2D eigenvalue weighted by Crippen LogP contribution is 2.24. The number of aromatic nitrogens is 1. The minimum absolute atomic E-state index is 0.692. The molecular formula is C16H21N3S. The van der Waals surface area contributed by atoms with Crippen molar-refractivity contribution in [3.8, 4) is 10.6 Å². The number of nitrogens with zero attached hydrogens (tertiary/aromatic N) is 2. The molecule has 3 nitrogen and oxygen atoms in total. The lowest BCUT2D eigenvalue weighted by molar-refractivity contribution is 0.136. The lowest BCUT2D eigenvalue weighted by atomic mass is 10.1. The van der Waals surface area contributed by atoms with Crippen LogP contribution >= 0.6 is 11.3 Å². The van der Waals surface area contributed by atoms with E-state index in [9.17, 15) is 0 Å². The zero-order valence-electron chi connectivity index (χ0n) is 11.9. The third-order valence-corrected chi connectivity index (χ3v) is 4.66. The molecule has 1 aromatic heterocycles. The zero-order valence-corrected chi connectivity index (χ0v) is 12.7. The Hall–Kier alpha value is -1.23. The summed E-state index contributed by atoms with van der Waals surface area (Å²) in [6.45, 7) is 6.62. The van der Waals surface area contributed by atoms with Gasteiger partial charge < -0.3 is 5.32 Å². The highest BCUT2D eigenvalue weighted by atomic mass is 32.1. The summed E-state index contributed by atoms with van der Waals surface area (Å²) in [4.78, 5) is 7.36. The van der Waals surface area contributed by atoms with Crippen LogP contribution < -0.4 is 5.32 Å². The van der Waals surface area contributed by atoms with Gasteiger partial charge in [0, 0.05) is 36.6 Å². The molecule has 3 rings (SSSR count). The topological polar surface area (TPSA) is 28.2 Å². The number of hydrogen-bond acceptors (Lipinski definition) is 4. The van der Waals surface area contributed by atoms with Crippen molar-refractivity contribution in [3.05, 3.63) is 41.4 Å². The standard InChI is InChI=1S/C16H21N3S/c1-2-8-19(15-9-17-10-15)11-14-12-20-16(18-14)13-6-4-3-5-7-13/h3-7,12,15,17H,2,8-11H2,1H3. The molecular weight excluding hydrogens is 266 g/mol. The molecule has 1 fully saturated rings. The van der Waals surface area contributed by atoms with Gasteiger partial charge >= 0.3 is 0 Å². The second-order valence-corrected chi connectivity index (χ2v) is 6.15. The molecule has 1 saturated heterocycles. The first-order valence-corrected chi connectivity index (χ1v) is 8.19. The van der Waals surface area contributed by atoms with Gasteiger partial charge in [-0.1, -0.05) is 37.3 Å². The van der Waals surface area contributed by atoms with Gasteiger partial charge in [-0.15, -0.1) is 11.3 Å². The quantitative estimate of drug-likeness (QED) is 0.885. The van der Waals surface area contributed by atoms with Gasteiger partial charge in [-0.25, -0.2) is 4.98 Å². The fraction of sp³-hybridized carbons (Fsp3) is 0.438. The van der Waals surface area contributed by atoms with Crippen LogP contribution in [-0.4, -0.2) is 35.6 Å². The fourth-order valence-corrected chi connectivity index (χ4v) is 3.33. The molecule has 2 aromatic rings. The van der Waals surface area contributed by atoms with Crippen LogP contribution in [0.3, 0.4) is 0 Å². The van der Waals surface area contributed by atoms with Crippen molar-refractivity contribution in [1.82, 2.24) is 15.2 Å². The summed E-state index contributed by atoms with van der Waals surface area (Å²) in [7, 11) is 0. The normalized spacial score (nSPS) is 15.5. The van der Waals surface area contributed by atoms with Crippen molar-refractivity contribution in [1.29, 1.82) is 0 Å². The highest BCUT2D eigenvalue weighted by Gasteiger charge is 2.24. The number of benzene rings is 1. The SMILES string of the molecule is CCCN(Cc1csc(-c2ccccc2)n1)C1CNC1. The van der Waals surface area contributed by atoms with Gasteiger partial charge in [0.05, 0.1) is 5.69 Å². The van der Waals surface area contributed by atoms with Crippen molar-refractivity contribution in [3.63, 3.8) is 0 Å². The van der Waals surface area contributed by atoms with E-state index < -0.39 is 0 Å². The summed E-state index contributed by atoms with van der Waals surface area (Å²) >= 11 is 1.75. The molecule has 0 radical (unpaired) electrons. The minimum Gasteiger partial charge on any atom is -0.314 e. The van der Waals surface area contributed by atoms with E-state index in [0.29, 0.717) is 6.04 Å². The average molecular weight is 287 g/mol. The summed E-state index contributed by atoms with van der Waals surface area (Å²) in [5.74, 6) is 0. The maximum atomic E-state index is 4.80. The first-order chi connectivity index (χ1) is 9.86. The predicted octanol–water partition coefficient (Wildman–Crippen LogP) is 2.99. The van der Waals surface area contributed by atoms with Crippen LogP contribution in [0.5, 0.6) is 0 Å². The maximum absolute atomic E-state index is 4.80. The molecule has 1 aliphatic rings. The molecule has 1 aliphatic heterocycles. The molecule has 0 amide bonds. The Morgan fingerprint density at radius 3 is 2.75 bits per heavy atom. The Balaban J connectivity index is 1.69. The molecule has 2 heterocycles. The van der Waals surface area contributed by atoms with Crippen molar-refractivity contribution in [2.45, 2.75) is 25.9 Å². The van der Waals surface area contributed by atoms with E-state index in [1.54, 1.807) is 11.3 Å². The molecule has 106 valence electrons. The molecule has 0 atom stereocenters. The lowest BCUT2D eigenvalue weighted by Gasteiger charge is -2.37. The smallest absolute Gasteiger partial charge is 0.123 e.